The first-order valence-corrected chi connectivity index (χ1v) is 11.5. The molecule has 0 fully saturated rings. The van der Waals surface area contributed by atoms with Crippen LogP contribution in [-0.4, -0.2) is 18.0 Å². The molecule has 0 spiro atoms. The molecule has 3 aromatic rings. The molecule has 5 N–H and O–H groups in total. The van der Waals surface area contributed by atoms with Crippen LogP contribution in [0.2, 0.25) is 0 Å². The number of rotatable bonds is 8. The molecule has 4 heteroatoms. The van der Waals surface area contributed by atoms with Gasteiger partial charge in [-0.15, -0.1) is 0 Å². The van der Waals surface area contributed by atoms with Gasteiger partial charge < -0.3 is 16.8 Å². The minimum Gasteiger partial charge on any atom is -0.401 e. The number of carbonyl (C=O) groups excluding carboxylic acids is 1. The summed E-state index contributed by atoms with van der Waals surface area (Å²) in [6.45, 7) is 14.4. The van der Waals surface area contributed by atoms with E-state index in [1.165, 1.54) is 5.56 Å². The first-order valence-electron chi connectivity index (χ1n) is 11.5. The van der Waals surface area contributed by atoms with Crippen molar-refractivity contribution in [1.29, 1.82) is 0 Å². The average molecular weight is 454 g/mol. The quantitative estimate of drug-likeness (QED) is 0.439. The third-order valence-electron chi connectivity index (χ3n) is 6.04. The van der Waals surface area contributed by atoms with Crippen molar-refractivity contribution in [2.24, 2.45) is 11.5 Å². The molecule has 0 unspecified atom stereocenters. The van der Waals surface area contributed by atoms with E-state index >= 15 is 0 Å². The Balaban J connectivity index is 1.66. The molecular weight excluding hydrogens is 418 g/mol. The number of amides is 1. The third-order valence-corrected chi connectivity index (χ3v) is 6.04. The van der Waals surface area contributed by atoms with Crippen molar-refractivity contribution in [3.63, 3.8) is 0 Å². The molecule has 0 aliphatic heterocycles. The van der Waals surface area contributed by atoms with Crippen LogP contribution in [0.25, 0.3) is 16.7 Å². The number of hydrogen-bond acceptors (Lipinski definition) is 3. The highest BCUT2D eigenvalue weighted by Crippen LogP contribution is 2.25. The first-order chi connectivity index (χ1) is 16.1. The van der Waals surface area contributed by atoms with Crippen LogP contribution in [0.15, 0.2) is 97.7 Å². The maximum Gasteiger partial charge on any atom is 0.242 e. The fourth-order valence-electron chi connectivity index (χ4n) is 3.76. The summed E-state index contributed by atoms with van der Waals surface area (Å²) in [5.74, 6) is -0.331. The first kappa shape index (κ1) is 25.0. The van der Waals surface area contributed by atoms with E-state index < -0.39 is 12.1 Å². The van der Waals surface area contributed by atoms with Crippen molar-refractivity contribution in [2.75, 3.05) is 0 Å². The van der Waals surface area contributed by atoms with Crippen molar-refractivity contribution in [3.8, 4) is 11.1 Å². The van der Waals surface area contributed by atoms with Gasteiger partial charge in [-0.2, -0.15) is 0 Å². The minimum absolute atomic E-state index is 0.0490. The molecule has 0 heterocycles. The molecule has 1 amide bonds. The Morgan fingerprint density at radius 3 is 1.97 bits per heavy atom. The van der Waals surface area contributed by atoms with Crippen LogP contribution in [0.1, 0.15) is 37.5 Å². The predicted octanol–water partition coefficient (Wildman–Crippen LogP) is 5.19. The van der Waals surface area contributed by atoms with Gasteiger partial charge in [0, 0.05) is 5.70 Å². The zero-order valence-electron chi connectivity index (χ0n) is 20.3. The molecule has 0 aliphatic carbocycles. The van der Waals surface area contributed by atoms with E-state index in [1.807, 2.05) is 42.5 Å². The molecule has 0 aliphatic rings. The van der Waals surface area contributed by atoms with Crippen LogP contribution in [-0.2, 0) is 16.6 Å². The fraction of sp³-hybridized carbons (Fsp3) is 0.233. The zero-order valence-corrected chi connectivity index (χ0v) is 20.3. The zero-order chi connectivity index (χ0) is 24.9. The largest absolute Gasteiger partial charge is 0.401 e. The number of carbonyl (C=O) groups is 1. The van der Waals surface area contributed by atoms with Crippen LogP contribution in [0.5, 0.6) is 0 Å². The second-order valence-electron chi connectivity index (χ2n) is 9.73. The van der Waals surface area contributed by atoms with E-state index in [2.05, 4.69) is 75.6 Å². The van der Waals surface area contributed by atoms with Gasteiger partial charge in [0.05, 0.1) is 6.04 Å². The second-order valence-corrected chi connectivity index (χ2v) is 9.73. The van der Waals surface area contributed by atoms with Gasteiger partial charge in [-0.1, -0.05) is 113 Å². The Bertz CT molecular complexity index is 1140. The monoisotopic (exact) mass is 453 g/mol. The third kappa shape index (κ3) is 6.24. The highest BCUT2D eigenvalue weighted by Gasteiger charge is 2.23. The molecule has 3 aromatic carbocycles. The van der Waals surface area contributed by atoms with Gasteiger partial charge in [-0.3, -0.25) is 4.79 Å². The van der Waals surface area contributed by atoms with Crippen LogP contribution in [0.4, 0.5) is 0 Å². The Labute approximate surface area is 203 Å². The Morgan fingerprint density at radius 1 is 0.882 bits per heavy atom. The van der Waals surface area contributed by atoms with Gasteiger partial charge >= 0.3 is 0 Å². The van der Waals surface area contributed by atoms with Crippen molar-refractivity contribution < 1.29 is 4.79 Å². The smallest absolute Gasteiger partial charge is 0.242 e. The minimum atomic E-state index is -0.886. The summed E-state index contributed by atoms with van der Waals surface area (Å²) in [7, 11) is 0. The molecular formula is C30H35N3O. The molecule has 0 radical (unpaired) electrons. The Kier molecular flexibility index (Phi) is 7.75. The van der Waals surface area contributed by atoms with E-state index in [9.17, 15) is 4.79 Å². The lowest BCUT2D eigenvalue weighted by molar-refractivity contribution is -0.121. The van der Waals surface area contributed by atoms with E-state index in [4.69, 9.17) is 11.5 Å². The lowest BCUT2D eigenvalue weighted by atomic mass is 9.86. The molecule has 176 valence electrons. The van der Waals surface area contributed by atoms with Gasteiger partial charge in [-0.05, 0) is 45.2 Å². The van der Waals surface area contributed by atoms with Gasteiger partial charge in [0.2, 0.25) is 5.91 Å². The van der Waals surface area contributed by atoms with Gasteiger partial charge in [0.1, 0.15) is 6.04 Å². The van der Waals surface area contributed by atoms with E-state index in [0.29, 0.717) is 17.7 Å². The van der Waals surface area contributed by atoms with Gasteiger partial charge in [0.25, 0.3) is 0 Å². The summed E-state index contributed by atoms with van der Waals surface area (Å²) in [5.41, 5.74) is 18.7. The molecule has 0 bridgehead atoms. The maximum absolute atomic E-state index is 12.9. The summed E-state index contributed by atoms with van der Waals surface area (Å²) in [6, 6.07) is 25.1. The lowest BCUT2D eigenvalue weighted by Gasteiger charge is -2.23. The average Bonchev–Trinajstić information content (AvgIpc) is 2.83. The molecule has 2 atom stereocenters. The summed E-state index contributed by atoms with van der Waals surface area (Å²) < 4.78 is 0. The molecule has 0 aromatic heterocycles. The number of nitrogens with one attached hydrogen (secondary N) is 1. The maximum atomic E-state index is 12.9. The summed E-state index contributed by atoms with van der Waals surface area (Å²) >= 11 is 0. The van der Waals surface area contributed by atoms with Gasteiger partial charge in [-0.25, -0.2) is 0 Å². The molecule has 0 saturated heterocycles. The Hall–Kier alpha value is -3.63. The highest BCUT2D eigenvalue weighted by atomic mass is 16.2. The van der Waals surface area contributed by atoms with E-state index in [0.717, 1.165) is 22.3 Å². The van der Waals surface area contributed by atoms with Crippen molar-refractivity contribution in [2.45, 2.75) is 44.7 Å². The van der Waals surface area contributed by atoms with Crippen molar-refractivity contribution in [3.05, 3.63) is 114 Å². The summed E-state index contributed by atoms with van der Waals surface area (Å²) in [5, 5.41) is 2.95. The van der Waals surface area contributed by atoms with Crippen LogP contribution in [0.3, 0.4) is 0 Å². The number of nitrogens with two attached hydrogens (primary N) is 2. The number of hydrogen-bond donors (Lipinski definition) is 3. The van der Waals surface area contributed by atoms with Crippen molar-refractivity contribution >= 4 is 11.5 Å². The summed E-state index contributed by atoms with van der Waals surface area (Å²) in [4.78, 5) is 12.9. The van der Waals surface area contributed by atoms with Crippen LogP contribution >= 0.6 is 0 Å². The van der Waals surface area contributed by atoms with E-state index in [1.54, 1.807) is 0 Å². The van der Waals surface area contributed by atoms with Crippen LogP contribution in [0, 0.1) is 0 Å². The van der Waals surface area contributed by atoms with Gasteiger partial charge in [0.15, 0.2) is 0 Å². The predicted molar refractivity (Wildman–Crippen MR) is 143 cm³/mol. The molecule has 4 nitrogen and oxygen atoms in total. The topological polar surface area (TPSA) is 81.1 Å². The Morgan fingerprint density at radius 2 is 1.44 bits per heavy atom. The highest BCUT2D eigenvalue weighted by molar-refractivity contribution is 5.95. The SMILES string of the molecule is C=C(c1ccc(C(C)(C)C)cc1)[C@H](N)C(=O)N[C@H](Cc1ccc(-c2ccccc2)cc1)C(=C)N. The second kappa shape index (κ2) is 10.5. The van der Waals surface area contributed by atoms with Crippen LogP contribution < -0.4 is 16.8 Å². The molecule has 0 saturated carbocycles. The fourth-order valence-corrected chi connectivity index (χ4v) is 3.76. The molecule has 3 rings (SSSR count). The van der Waals surface area contributed by atoms with E-state index in [-0.39, 0.29) is 11.3 Å². The summed E-state index contributed by atoms with van der Waals surface area (Å²) in [6.07, 6.45) is 0.523. The van der Waals surface area contributed by atoms with Crippen molar-refractivity contribution in [1.82, 2.24) is 5.32 Å². The number of benzene rings is 3. The standard InChI is InChI=1S/C30H35N3O/c1-20(23-15-17-26(18-16-23)30(3,4)5)28(32)29(34)33-27(21(2)31)19-22-11-13-25(14-12-22)24-9-7-6-8-10-24/h6-18,27-28H,1-2,19,31-32H2,3-5H3,(H,33,34)/t27-,28+/m1/s1. The molecule has 34 heavy (non-hydrogen) atoms. The lowest BCUT2D eigenvalue weighted by Crippen LogP contribution is -2.48. The normalized spacial score (nSPS) is 13.1.